The molecule has 1 amide bonds. The van der Waals surface area contributed by atoms with Gasteiger partial charge >= 0.3 is 0 Å². The molecule has 0 aliphatic carbocycles. The van der Waals surface area contributed by atoms with E-state index in [0.717, 1.165) is 10.1 Å². The summed E-state index contributed by atoms with van der Waals surface area (Å²) in [7, 11) is -3.83. The zero-order chi connectivity index (χ0) is 23.0. The highest BCUT2D eigenvalue weighted by molar-refractivity contribution is 7.89. The van der Waals surface area contributed by atoms with Gasteiger partial charge in [0.05, 0.1) is 4.90 Å². The van der Waals surface area contributed by atoms with Crippen molar-refractivity contribution in [3.05, 3.63) is 76.2 Å². The first-order valence-corrected chi connectivity index (χ1v) is 11.1. The molecule has 2 aromatic heterocycles. The van der Waals surface area contributed by atoms with Crippen molar-refractivity contribution in [2.75, 3.05) is 5.32 Å². The fraction of sp³-hybridized carbons (Fsp3) is 0.143. The Bertz CT molecular complexity index is 1490. The lowest BCUT2D eigenvalue weighted by Gasteiger charge is -2.11. The standard InChI is InChI=1S/C21H20N6O4S/c1-13-3-7-16(8-4-13)23-18(28)12-26-14(2)11-19(29)27-21(26)24-20(25-27)15-5-9-17(10-6-15)32(22,30)31/h3-11H,12H2,1-2H3,(H,23,28)(H2,22,30,31). The van der Waals surface area contributed by atoms with E-state index in [1.54, 1.807) is 11.5 Å². The van der Waals surface area contributed by atoms with Crippen LogP contribution in [0.2, 0.25) is 0 Å². The summed E-state index contributed by atoms with van der Waals surface area (Å²) in [5.41, 5.74) is 2.38. The number of hydrogen-bond acceptors (Lipinski definition) is 6. The minimum atomic E-state index is -3.83. The molecule has 0 fully saturated rings. The number of nitrogens with zero attached hydrogens (tertiary/aromatic N) is 4. The van der Waals surface area contributed by atoms with Crippen molar-refractivity contribution >= 4 is 27.4 Å². The summed E-state index contributed by atoms with van der Waals surface area (Å²) in [6, 6.07) is 14.4. The molecule has 164 valence electrons. The van der Waals surface area contributed by atoms with Crippen LogP contribution in [-0.4, -0.2) is 33.5 Å². The van der Waals surface area contributed by atoms with Crippen molar-refractivity contribution < 1.29 is 13.2 Å². The fourth-order valence-corrected chi connectivity index (χ4v) is 3.71. The molecule has 0 radical (unpaired) electrons. The molecule has 4 aromatic rings. The van der Waals surface area contributed by atoms with Gasteiger partial charge in [-0.3, -0.25) is 9.59 Å². The molecule has 0 aliphatic rings. The van der Waals surface area contributed by atoms with Crippen LogP contribution >= 0.6 is 0 Å². The molecule has 0 atom stereocenters. The summed E-state index contributed by atoms with van der Waals surface area (Å²) >= 11 is 0. The highest BCUT2D eigenvalue weighted by Crippen LogP contribution is 2.19. The predicted molar refractivity (Wildman–Crippen MR) is 119 cm³/mol. The zero-order valence-corrected chi connectivity index (χ0v) is 18.1. The Labute approximate surface area is 183 Å². The highest BCUT2D eigenvalue weighted by Gasteiger charge is 2.16. The Morgan fingerprint density at radius 2 is 1.72 bits per heavy atom. The molecule has 0 saturated heterocycles. The number of anilines is 1. The van der Waals surface area contributed by atoms with E-state index >= 15 is 0 Å². The third kappa shape index (κ3) is 4.29. The van der Waals surface area contributed by atoms with Crippen molar-refractivity contribution in [1.82, 2.24) is 19.2 Å². The molecule has 0 unspecified atom stereocenters. The maximum absolute atomic E-state index is 12.6. The molecule has 0 bridgehead atoms. The maximum atomic E-state index is 12.6. The van der Waals surface area contributed by atoms with Crippen LogP contribution in [0.3, 0.4) is 0 Å². The lowest BCUT2D eigenvalue weighted by atomic mass is 10.2. The number of nitrogens with one attached hydrogen (secondary N) is 1. The zero-order valence-electron chi connectivity index (χ0n) is 17.3. The van der Waals surface area contributed by atoms with Gasteiger partial charge in [0.2, 0.25) is 21.7 Å². The van der Waals surface area contributed by atoms with Gasteiger partial charge in [-0.1, -0.05) is 17.7 Å². The SMILES string of the molecule is Cc1ccc(NC(=O)Cn2c(C)cc(=O)n3nc(-c4ccc(S(N)(=O)=O)cc4)nc23)cc1. The molecule has 0 saturated carbocycles. The number of rotatable bonds is 5. The summed E-state index contributed by atoms with van der Waals surface area (Å²) in [5.74, 6) is 0.116. The number of nitrogens with two attached hydrogens (primary N) is 1. The van der Waals surface area contributed by atoms with Crippen LogP contribution in [0.25, 0.3) is 17.2 Å². The van der Waals surface area contributed by atoms with Crippen LogP contribution in [0.5, 0.6) is 0 Å². The first-order chi connectivity index (χ1) is 15.1. The van der Waals surface area contributed by atoms with Crippen molar-refractivity contribution in [1.29, 1.82) is 0 Å². The molecular formula is C21H20N6O4S. The summed E-state index contributed by atoms with van der Waals surface area (Å²) in [6.45, 7) is 3.58. The van der Waals surface area contributed by atoms with Crippen LogP contribution in [0.15, 0.2) is 64.3 Å². The van der Waals surface area contributed by atoms with E-state index in [2.05, 4.69) is 15.4 Å². The van der Waals surface area contributed by atoms with Gasteiger partial charge in [-0.2, -0.15) is 9.50 Å². The van der Waals surface area contributed by atoms with Gasteiger partial charge < -0.3 is 9.88 Å². The van der Waals surface area contributed by atoms with Crippen LogP contribution in [0.4, 0.5) is 5.69 Å². The van der Waals surface area contributed by atoms with Gasteiger partial charge in [0.25, 0.3) is 5.56 Å². The van der Waals surface area contributed by atoms with Gasteiger partial charge in [0, 0.05) is 23.0 Å². The van der Waals surface area contributed by atoms with E-state index in [1.165, 1.54) is 30.3 Å². The lowest BCUT2D eigenvalue weighted by molar-refractivity contribution is -0.116. The second-order valence-corrected chi connectivity index (χ2v) is 8.90. The molecule has 4 rings (SSSR count). The molecule has 0 aliphatic heterocycles. The number of sulfonamides is 1. The number of primary sulfonamides is 1. The summed E-state index contributed by atoms with van der Waals surface area (Å²) in [5, 5.41) is 12.2. The Morgan fingerprint density at radius 3 is 2.34 bits per heavy atom. The van der Waals surface area contributed by atoms with Crippen LogP contribution < -0.4 is 16.0 Å². The lowest BCUT2D eigenvalue weighted by Crippen LogP contribution is -2.25. The molecule has 2 heterocycles. The third-order valence-electron chi connectivity index (χ3n) is 4.88. The van der Waals surface area contributed by atoms with E-state index in [4.69, 9.17) is 5.14 Å². The number of hydrogen-bond donors (Lipinski definition) is 2. The Balaban J connectivity index is 1.69. The van der Waals surface area contributed by atoms with Crippen molar-refractivity contribution in [3.63, 3.8) is 0 Å². The van der Waals surface area contributed by atoms with Gasteiger partial charge in [-0.05, 0) is 50.2 Å². The van der Waals surface area contributed by atoms with Crippen molar-refractivity contribution in [3.8, 4) is 11.4 Å². The average molecular weight is 452 g/mol. The van der Waals surface area contributed by atoms with Crippen molar-refractivity contribution in [2.24, 2.45) is 5.14 Å². The van der Waals surface area contributed by atoms with E-state index < -0.39 is 15.6 Å². The van der Waals surface area contributed by atoms with Crippen molar-refractivity contribution in [2.45, 2.75) is 25.3 Å². The predicted octanol–water partition coefficient (Wildman–Crippen LogP) is 1.46. The summed E-state index contributed by atoms with van der Waals surface area (Å²) in [4.78, 5) is 29.4. The van der Waals surface area contributed by atoms with Crippen LogP contribution in [0.1, 0.15) is 11.3 Å². The van der Waals surface area contributed by atoms with Gasteiger partial charge in [0.15, 0.2) is 5.82 Å². The molecule has 2 aromatic carbocycles. The fourth-order valence-electron chi connectivity index (χ4n) is 3.19. The van der Waals surface area contributed by atoms with Gasteiger partial charge in [-0.25, -0.2) is 13.6 Å². The van der Waals surface area contributed by atoms with E-state index in [0.29, 0.717) is 16.9 Å². The minimum Gasteiger partial charge on any atom is -0.325 e. The van der Waals surface area contributed by atoms with E-state index in [-0.39, 0.29) is 28.9 Å². The van der Waals surface area contributed by atoms with E-state index in [9.17, 15) is 18.0 Å². The molecule has 3 N–H and O–H groups in total. The first-order valence-electron chi connectivity index (χ1n) is 9.59. The quantitative estimate of drug-likeness (QED) is 0.470. The number of amides is 1. The van der Waals surface area contributed by atoms with E-state index in [1.807, 2.05) is 31.2 Å². The largest absolute Gasteiger partial charge is 0.325 e. The molecule has 11 heteroatoms. The number of carbonyl (C=O) groups is 1. The number of benzene rings is 2. The van der Waals surface area contributed by atoms with Gasteiger partial charge in [-0.15, -0.1) is 5.10 Å². The average Bonchev–Trinajstić information content (AvgIpc) is 3.18. The molecule has 32 heavy (non-hydrogen) atoms. The number of aromatic nitrogens is 4. The van der Waals surface area contributed by atoms with Crippen LogP contribution in [0, 0.1) is 13.8 Å². The smallest absolute Gasteiger partial charge is 0.275 e. The number of carbonyl (C=O) groups excluding carboxylic acids is 1. The number of fused-ring (bicyclic) bond motifs is 1. The maximum Gasteiger partial charge on any atom is 0.275 e. The Hall–Kier alpha value is -3.83. The third-order valence-corrected chi connectivity index (χ3v) is 5.81. The minimum absolute atomic E-state index is 0.0480. The Kier molecular flexibility index (Phi) is 5.36. The molecular weight excluding hydrogens is 432 g/mol. The summed E-state index contributed by atoms with van der Waals surface area (Å²) < 4.78 is 25.6. The second-order valence-electron chi connectivity index (χ2n) is 7.34. The monoisotopic (exact) mass is 452 g/mol. The Morgan fingerprint density at radius 1 is 1.06 bits per heavy atom. The molecule has 10 nitrogen and oxygen atoms in total. The highest BCUT2D eigenvalue weighted by atomic mass is 32.2. The number of aryl methyl sites for hydroxylation is 2. The van der Waals surface area contributed by atoms with Crippen LogP contribution in [-0.2, 0) is 21.4 Å². The normalized spacial score (nSPS) is 11.6. The summed E-state index contributed by atoms with van der Waals surface area (Å²) in [6.07, 6.45) is 0. The first kappa shape index (κ1) is 21.4. The van der Waals surface area contributed by atoms with Gasteiger partial charge in [0.1, 0.15) is 6.54 Å². The second kappa shape index (κ2) is 8.02. The molecule has 0 spiro atoms. The topological polar surface area (TPSA) is 141 Å².